The van der Waals surface area contributed by atoms with Gasteiger partial charge < -0.3 is 10.6 Å². The number of halogens is 2. The Bertz CT molecular complexity index is 506. The normalized spacial score (nSPS) is 15.7. The Morgan fingerprint density at radius 1 is 1.40 bits per heavy atom. The lowest BCUT2D eigenvalue weighted by Gasteiger charge is -2.17. The second-order valence-corrected chi connectivity index (χ2v) is 6.06. The molecule has 2 rings (SSSR count). The van der Waals surface area contributed by atoms with Gasteiger partial charge in [0.15, 0.2) is 5.96 Å². The molecule has 1 aliphatic carbocycles. The molecule has 2 N–H and O–H groups in total. The molecule has 0 fully saturated rings. The molecule has 3 nitrogen and oxygen atoms in total. The molecule has 0 radical (unpaired) electrons. The minimum absolute atomic E-state index is 0.471. The molecule has 0 aliphatic heterocycles. The average molecular weight is 357 g/mol. The predicted molar refractivity (Wildman–Crippen MR) is 89.5 cm³/mol. The number of benzene rings is 1. The standard InChI is InChI=1S/C15H19BrClN3/c1-18-15(20-13-4-2-3-5-13)19-9-8-11-10-12(17)6-7-14(11)16/h2-3,6-7,10,13H,4-5,8-9H2,1H3,(H2,18,19,20). The molecular formula is C15H19BrClN3. The van der Waals surface area contributed by atoms with E-state index in [-0.39, 0.29) is 0 Å². The Kier molecular flexibility index (Phi) is 5.92. The summed E-state index contributed by atoms with van der Waals surface area (Å²) in [5.41, 5.74) is 1.20. The molecule has 0 heterocycles. The lowest BCUT2D eigenvalue weighted by atomic mass is 10.1. The Labute approximate surface area is 133 Å². The van der Waals surface area contributed by atoms with Crippen LogP contribution in [0.1, 0.15) is 18.4 Å². The van der Waals surface area contributed by atoms with Gasteiger partial charge in [-0.3, -0.25) is 4.99 Å². The van der Waals surface area contributed by atoms with Crippen LogP contribution in [0.2, 0.25) is 5.02 Å². The first-order chi connectivity index (χ1) is 9.69. The lowest BCUT2D eigenvalue weighted by Crippen LogP contribution is -2.43. The Hall–Kier alpha value is -1.00. The van der Waals surface area contributed by atoms with Gasteiger partial charge in [-0.1, -0.05) is 39.7 Å². The van der Waals surface area contributed by atoms with Gasteiger partial charge in [0.25, 0.3) is 0 Å². The zero-order valence-corrected chi connectivity index (χ0v) is 13.8. The molecule has 20 heavy (non-hydrogen) atoms. The van der Waals surface area contributed by atoms with E-state index in [0.29, 0.717) is 6.04 Å². The quantitative estimate of drug-likeness (QED) is 0.492. The van der Waals surface area contributed by atoms with Crippen LogP contribution < -0.4 is 10.6 Å². The summed E-state index contributed by atoms with van der Waals surface area (Å²) in [7, 11) is 1.80. The highest BCUT2D eigenvalue weighted by Crippen LogP contribution is 2.21. The SMILES string of the molecule is CN=C(NCCc1cc(Cl)ccc1Br)NC1CC=CC1. The number of rotatable bonds is 4. The zero-order chi connectivity index (χ0) is 14.4. The first kappa shape index (κ1) is 15.4. The van der Waals surface area contributed by atoms with Gasteiger partial charge in [-0.2, -0.15) is 0 Å². The summed E-state index contributed by atoms with van der Waals surface area (Å²) in [6.45, 7) is 0.818. The lowest BCUT2D eigenvalue weighted by molar-refractivity contribution is 0.633. The van der Waals surface area contributed by atoms with E-state index in [0.717, 1.165) is 41.3 Å². The van der Waals surface area contributed by atoms with Gasteiger partial charge in [0.05, 0.1) is 0 Å². The highest BCUT2D eigenvalue weighted by atomic mass is 79.9. The molecular weight excluding hydrogens is 338 g/mol. The Balaban J connectivity index is 1.80. The van der Waals surface area contributed by atoms with Crippen LogP contribution in [0, 0.1) is 0 Å². The number of hydrogen-bond donors (Lipinski definition) is 2. The smallest absolute Gasteiger partial charge is 0.191 e. The van der Waals surface area contributed by atoms with Crippen molar-refractivity contribution in [2.75, 3.05) is 13.6 Å². The summed E-state index contributed by atoms with van der Waals surface area (Å²) >= 11 is 9.56. The molecule has 1 aromatic rings. The molecule has 0 spiro atoms. The summed E-state index contributed by atoms with van der Waals surface area (Å²) in [4.78, 5) is 4.25. The number of guanidine groups is 1. The first-order valence-electron chi connectivity index (χ1n) is 6.75. The third kappa shape index (κ3) is 4.53. The van der Waals surface area contributed by atoms with E-state index < -0.39 is 0 Å². The minimum Gasteiger partial charge on any atom is -0.356 e. The van der Waals surface area contributed by atoms with Crippen LogP contribution >= 0.6 is 27.5 Å². The van der Waals surface area contributed by atoms with Crippen LogP contribution in [0.4, 0.5) is 0 Å². The van der Waals surface area contributed by atoms with E-state index in [4.69, 9.17) is 11.6 Å². The zero-order valence-electron chi connectivity index (χ0n) is 11.5. The summed E-state index contributed by atoms with van der Waals surface area (Å²) < 4.78 is 1.09. The van der Waals surface area contributed by atoms with Crippen molar-refractivity contribution >= 4 is 33.5 Å². The van der Waals surface area contributed by atoms with Crippen LogP contribution in [0.3, 0.4) is 0 Å². The second kappa shape index (κ2) is 7.70. The number of aliphatic imine (C=N–C) groups is 1. The molecule has 0 saturated heterocycles. The van der Waals surface area contributed by atoms with Gasteiger partial charge in [-0.05, 0) is 43.0 Å². The maximum atomic E-state index is 6.01. The van der Waals surface area contributed by atoms with E-state index in [1.54, 1.807) is 7.05 Å². The fraction of sp³-hybridized carbons (Fsp3) is 0.400. The second-order valence-electron chi connectivity index (χ2n) is 4.77. The van der Waals surface area contributed by atoms with E-state index in [9.17, 15) is 0 Å². The van der Waals surface area contributed by atoms with Crippen molar-refractivity contribution in [2.45, 2.75) is 25.3 Å². The predicted octanol–water partition coefficient (Wildman–Crippen LogP) is 3.53. The Morgan fingerprint density at radius 3 is 2.85 bits per heavy atom. The van der Waals surface area contributed by atoms with Crippen LogP contribution in [-0.4, -0.2) is 25.6 Å². The average Bonchev–Trinajstić information content (AvgIpc) is 2.94. The van der Waals surface area contributed by atoms with Crippen molar-refractivity contribution in [2.24, 2.45) is 4.99 Å². The molecule has 1 aliphatic rings. The molecule has 108 valence electrons. The molecule has 0 atom stereocenters. The minimum atomic E-state index is 0.471. The molecule has 5 heteroatoms. The molecule has 1 aromatic carbocycles. The van der Waals surface area contributed by atoms with Crippen LogP contribution in [0.5, 0.6) is 0 Å². The fourth-order valence-corrected chi connectivity index (χ4v) is 2.81. The third-order valence-corrected chi connectivity index (χ3v) is 4.28. The summed E-state index contributed by atoms with van der Waals surface area (Å²) in [6.07, 6.45) is 7.44. The first-order valence-corrected chi connectivity index (χ1v) is 7.92. The van der Waals surface area contributed by atoms with Crippen LogP contribution in [0.25, 0.3) is 0 Å². The van der Waals surface area contributed by atoms with Gasteiger partial charge in [0.1, 0.15) is 0 Å². The largest absolute Gasteiger partial charge is 0.356 e. The van der Waals surface area contributed by atoms with Crippen molar-refractivity contribution in [1.82, 2.24) is 10.6 Å². The number of nitrogens with zero attached hydrogens (tertiary/aromatic N) is 1. The third-order valence-electron chi connectivity index (χ3n) is 3.27. The van der Waals surface area contributed by atoms with Gasteiger partial charge in [-0.15, -0.1) is 0 Å². The maximum Gasteiger partial charge on any atom is 0.191 e. The Morgan fingerprint density at radius 2 is 2.15 bits per heavy atom. The van der Waals surface area contributed by atoms with Gasteiger partial charge in [-0.25, -0.2) is 0 Å². The van der Waals surface area contributed by atoms with Crippen molar-refractivity contribution in [3.63, 3.8) is 0 Å². The van der Waals surface area contributed by atoms with Crippen molar-refractivity contribution in [1.29, 1.82) is 0 Å². The van der Waals surface area contributed by atoms with Gasteiger partial charge in [0.2, 0.25) is 0 Å². The molecule has 0 bridgehead atoms. The van der Waals surface area contributed by atoms with E-state index >= 15 is 0 Å². The topological polar surface area (TPSA) is 36.4 Å². The highest BCUT2D eigenvalue weighted by molar-refractivity contribution is 9.10. The molecule has 0 saturated carbocycles. The highest BCUT2D eigenvalue weighted by Gasteiger charge is 2.11. The van der Waals surface area contributed by atoms with E-state index in [1.807, 2.05) is 18.2 Å². The van der Waals surface area contributed by atoms with Crippen LogP contribution in [-0.2, 0) is 6.42 Å². The number of hydrogen-bond acceptors (Lipinski definition) is 1. The van der Waals surface area contributed by atoms with Crippen molar-refractivity contribution < 1.29 is 0 Å². The van der Waals surface area contributed by atoms with E-state index in [2.05, 4.69) is 43.7 Å². The van der Waals surface area contributed by atoms with Gasteiger partial charge in [0, 0.05) is 29.1 Å². The number of nitrogens with one attached hydrogen (secondary N) is 2. The summed E-state index contributed by atoms with van der Waals surface area (Å²) in [5.74, 6) is 0.858. The van der Waals surface area contributed by atoms with Crippen LogP contribution in [0.15, 0.2) is 39.8 Å². The molecule has 0 aromatic heterocycles. The van der Waals surface area contributed by atoms with Crippen molar-refractivity contribution in [3.05, 3.63) is 45.4 Å². The molecule has 0 amide bonds. The summed E-state index contributed by atoms with van der Waals surface area (Å²) in [5, 5.41) is 7.52. The van der Waals surface area contributed by atoms with E-state index in [1.165, 1.54) is 5.56 Å². The monoisotopic (exact) mass is 355 g/mol. The summed E-state index contributed by atoms with van der Waals surface area (Å²) in [6, 6.07) is 6.33. The maximum absolute atomic E-state index is 6.01. The fourth-order valence-electron chi connectivity index (χ4n) is 2.17. The van der Waals surface area contributed by atoms with Gasteiger partial charge >= 0.3 is 0 Å². The van der Waals surface area contributed by atoms with Crippen molar-refractivity contribution in [3.8, 4) is 0 Å². The molecule has 0 unspecified atom stereocenters.